The molecule has 0 spiro atoms. The normalized spacial score (nSPS) is 13.8. The van der Waals surface area contributed by atoms with Gasteiger partial charge in [0.1, 0.15) is 0 Å². The SMILES string of the molecule is CC(/C=C/CCO)C(N)=O. The molecule has 0 aromatic heterocycles. The topological polar surface area (TPSA) is 63.3 Å². The van der Waals surface area contributed by atoms with Gasteiger partial charge in [0.05, 0.1) is 5.92 Å². The Bertz CT molecular complexity index is 132. The van der Waals surface area contributed by atoms with Gasteiger partial charge < -0.3 is 10.8 Å². The van der Waals surface area contributed by atoms with Crippen molar-refractivity contribution >= 4 is 5.91 Å². The Morgan fingerprint density at radius 3 is 2.80 bits per heavy atom. The molecular weight excluding hydrogens is 130 g/mol. The van der Waals surface area contributed by atoms with E-state index in [2.05, 4.69) is 0 Å². The summed E-state index contributed by atoms with van der Waals surface area (Å²) in [6.45, 7) is 1.83. The second kappa shape index (κ2) is 4.99. The van der Waals surface area contributed by atoms with Gasteiger partial charge in [0.2, 0.25) is 5.91 Å². The van der Waals surface area contributed by atoms with Gasteiger partial charge in [-0.25, -0.2) is 0 Å². The van der Waals surface area contributed by atoms with Crippen molar-refractivity contribution in [3.05, 3.63) is 12.2 Å². The molecule has 0 saturated heterocycles. The van der Waals surface area contributed by atoms with Crippen LogP contribution in [0.2, 0.25) is 0 Å². The molecule has 58 valence electrons. The summed E-state index contributed by atoms with van der Waals surface area (Å²) in [5.41, 5.74) is 4.97. The van der Waals surface area contributed by atoms with Gasteiger partial charge >= 0.3 is 0 Å². The predicted octanol–water partition coefficient (Wildman–Crippen LogP) is 0.0464. The highest BCUT2D eigenvalue weighted by Gasteiger charge is 2.01. The molecule has 0 radical (unpaired) electrons. The lowest BCUT2D eigenvalue weighted by Gasteiger charge is -1.96. The molecule has 10 heavy (non-hydrogen) atoms. The van der Waals surface area contributed by atoms with Gasteiger partial charge in [-0.1, -0.05) is 19.1 Å². The summed E-state index contributed by atoms with van der Waals surface area (Å²) < 4.78 is 0. The van der Waals surface area contributed by atoms with Crippen LogP contribution < -0.4 is 5.73 Å². The summed E-state index contributed by atoms with van der Waals surface area (Å²) in [6.07, 6.45) is 4.02. The second-order valence-corrected chi connectivity index (χ2v) is 2.13. The molecule has 1 amide bonds. The van der Waals surface area contributed by atoms with Crippen molar-refractivity contribution < 1.29 is 9.90 Å². The van der Waals surface area contributed by atoms with E-state index in [9.17, 15) is 4.79 Å². The van der Waals surface area contributed by atoms with Crippen molar-refractivity contribution in [1.82, 2.24) is 0 Å². The van der Waals surface area contributed by atoms with E-state index >= 15 is 0 Å². The number of hydrogen-bond acceptors (Lipinski definition) is 2. The zero-order valence-electron chi connectivity index (χ0n) is 6.08. The zero-order chi connectivity index (χ0) is 7.98. The number of aliphatic hydroxyl groups is 1. The van der Waals surface area contributed by atoms with Crippen LogP contribution in [0, 0.1) is 5.92 Å². The molecule has 1 atom stereocenters. The molecule has 3 heteroatoms. The molecule has 0 aliphatic carbocycles. The van der Waals surface area contributed by atoms with E-state index < -0.39 is 0 Å². The maximum absolute atomic E-state index is 10.4. The summed E-state index contributed by atoms with van der Waals surface area (Å²) >= 11 is 0. The van der Waals surface area contributed by atoms with Crippen LogP contribution in [0.3, 0.4) is 0 Å². The van der Waals surface area contributed by atoms with E-state index in [1.54, 1.807) is 19.1 Å². The van der Waals surface area contributed by atoms with Crippen molar-refractivity contribution in [3.8, 4) is 0 Å². The molecule has 0 bridgehead atoms. The molecule has 0 rings (SSSR count). The minimum Gasteiger partial charge on any atom is -0.396 e. The number of primary amides is 1. The molecule has 0 heterocycles. The summed E-state index contributed by atoms with van der Waals surface area (Å²) in [6, 6.07) is 0. The standard InChI is InChI=1S/C7H13NO2/c1-6(7(8)10)4-2-3-5-9/h2,4,6,9H,3,5H2,1H3,(H2,8,10)/b4-2+. The Labute approximate surface area is 60.5 Å². The Kier molecular flexibility index (Phi) is 4.58. The fourth-order valence-electron chi connectivity index (χ4n) is 0.470. The minimum absolute atomic E-state index is 0.113. The zero-order valence-corrected chi connectivity index (χ0v) is 6.08. The van der Waals surface area contributed by atoms with E-state index in [-0.39, 0.29) is 18.4 Å². The Morgan fingerprint density at radius 2 is 2.40 bits per heavy atom. The molecule has 0 aliphatic rings. The largest absolute Gasteiger partial charge is 0.396 e. The van der Waals surface area contributed by atoms with Gasteiger partial charge in [0.15, 0.2) is 0 Å². The van der Waals surface area contributed by atoms with Gasteiger partial charge in [-0.3, -0.25) is 4.79 Å². The summed E-state index contributed by atoms with van der Waals surface area (Å²) in [5.74, 6) is -0.569. The van der Waals surface area contributed by atoms with Crippen molar-refractivity contribution in [1.29, 1.82) is 0 Å². The first-order valence-electron chi connectivity index (χ1n) is 3.25. The first kappa shape index (κ1) is 9.17. The van der Waals surface area contributed by atoms with Gasteiger partial charge in [-0.2, -0.15) is 0 Å². The van der Waals surface area contributed by atoms with E-state index in [0.29, 0.717) is 6.42 Å². The second-order valence-electron chi connectivity index (χ2n) is 2.13. The van der Waals surface area contributed by atoms with Crippen LogP contribution in [0.4, 0.5) is 0 Å². The van der Waals surface area contributed by atoms with E-state index in [1.165, 1.54) is 0 Å². The monoisotopic (exact) mass is 143 g/mol. The summed E-state index contributed by atoms with van der Waals surface area (Å²) in [4.78, 5) is 10.4. The van der Waals surface area contributed by atoms with Crippen molar-refractivity contribution in [2.24, 2.45) is 11.7 Å². The summed E-state index contributed by atoms with van der Waals surface area (Å²) in [5, 5.41) is 8.35. The van der Waals surface area contributed by atoms with E-state index in [0.717, 1.165) is 0 Å². The maximum atomic E-state index is 10.4. The number of aliphatic hydroxyl groups excluding tert-OH is 1. The smallest absolute Gasteiger partial charge is 0.224 e. The molecule has 0 aromatic rings. The summed E-state index contributed by atoms with van der Waals surface area (Å²) in [7, 11) is 0. The first-order chi connectivity index (χ1) is 4.68. The van der Waals surface area contributed by atoms with Gasteiger partial charge in [0.25, 0.3) is 0 Å². The molecular formula is C7H13NO2. The van der Waals surface area contributed by atoms with Crippen LogP contribution >= 0.6 is 0 Å². The third kappa shape index (κ3) is 4.09. The van der Waals surface area contributed by atoms with Crippen LogP contribution in [0.25, 0.3) is 0 Å². The van der Waals surface area contributed by atoms with Gasteiger partial charge in [-0.05, 0) is 6.42 Å². The quantitative estimate of drug-likeness (QED) is 0.546. The van der Waals surface area contributed by atoms with Crippen LogP contribution in [-0.2, 0) is 4.79 Å². The first-order valence-corrected chi connectivity index (χ1v) is 3.25. The number of carbonyl (C=O) groups is 1. The molecule has 3 N–H and O–H groups in total. The Hall–Kier alpha value is -0.830. The molecule has 0 saturated carbocycles. The Balaban J connectivity index is 3.55. The predicted molar refractivity (Wildman–Crippen MR) is 39.2 cm³/mol. The number of amides is 1. The lowest BCUT2D eigenvalue weighted by atomic mass is 10.1. The Morgan fingerprint density at radius 1 is 1.80 bits per heavy atom. The number of nitrogens with two attached hydrogens (primary N) is 1. The highest BCUT2D eigenvalue weighted by molar-refractivity contribution is 5.77. The van der Waals surface area contributed by atoms with E-state index in [1.807, 2.05) is 0 Å². The average Bonchev–Trinajstić information content (AvgIpc) is 1.88. The fourth-order valence-corrected chi connectivity index (χ4v) is 0.470. The number of rotatable bonds is 4. The van der Waals surface area contributed by atoms with Crippen LogP contribution in [-0.4, -0.2) is 17.6 Å². The third-order valence-electron chi connectivity index (χ3n) is 1.17. The van der Waals surface area contributed by atoms with Crippen LogP contribution in [0.1, 0.15) is 13.3 Å². The van der Waals surface area contributed by atoms with Crippen molar-refractivity contribution in [2.75, 3.05) is 6.61 Å². The highest BCUT2D eigenvalue weighted by atomic mass is 16.2. The number of hydrogen-bond donors (Lipinski definition) is 2. The lowest BCUT2D eigenvalue weighted by Crippen LogP contribution is -2.18. The molecule has 1 unspecified atom stereocenters. The van der Waals surface area contributed by atoms with Crippen molar-refractivity contribution in [2.45, 2.75) is 13.3 Å². The molecule has 0 fully saturated rings. The highest BCUT2D eigenvalue weighted by Crippen LogP contribution is 1.95. The van der Waals surface area contributed by atoms with E-state index in [4.69, 9.17) is 10.8 Å². The van der Waals surface area contributed by atoms with Gasteiger partial charge in [0, 0.05) is 6.61 Å². The molecule has 0 aromatic carbocycles. The fraction of sp³-hybridized carbons (Fsp3) is 0.571. The third-order valence-corrected chi connectivity index (χ3v) is 1.17. The van der Waals surface area contributed by atoms with Crippen LogP contribution in [0.15, 0.2) is 12.2 Å². The molecule has 0 aliphatic heterocycles. The average molecular weight is 143 g/mol. The van der Waals surface area contributed by atoms with Crippen molar-refractivity contribution in [3.63, 3.8) is 0 Å². The van der Waals surface area contributed by atoms with Gasteiger partial charge in [-0.15, -0.1) is 0 Å². The molecule has 3 nitrogen and oxygen atoms in total. The minimum atomic E-state index is -0.339. The van der Waals surface area contributed by atoms with Crippen LogP contribution in [0.5, 0.6) is 0 Å². The lowest BCUT2D eigenvalue weighted by molar-refractivity contribution is -0.120. The number of carbonyl (C=O) groups excluding carboxylic acids is 1. The maximum Gasteiger partial charge on any atom is 0.224 e.